The maximum atomic E-state index is 11.7. The third kappa shape index (κ3) is 1.88. The highest BCUT2D eigenvalue weighted by Gasteiger charge is 2.51. The smallest absolute Gasteiger partial charge is 0.421 e. The van der Waals surface area contributed by atoms with E-state index in [1.165, 1.54) is 0 Å². The molecule has 3 rings (SSSR count). The molecule has 0 radical (unpaired) electrons. The van der Waals surface area contributed by atoms with Crippen LogP contribution in [-0.4, -0.2) is 6.16 Å². The Morgan fingerprint density at radius 3 is 2.20 bits per heavy atom. The molecular weight excluding hydrogens is 252 g/mol. The zero-order chi connectivity index (χ0) is 14.0. The normalized spacial score (nSPS) is 24.8. The molecule has 1 saturated heterocycles. The van der Waals surface area contributed by atoms with Crippen molar-refractivity contribution in [1.29, 1.82) is 0 Å². The third-order valence-electron chi connectivity index (χ3n) is 3.49. The van der Waals surface area contributed by atoms with E-state index < -0.39 is 17.9 Å². The van der Waals surface area contributed by atoms with Crippen LogP contribution in [0.25, 0.3) is 0 Å². The van der Waals surface area contributed by atoms with Crippen LogP contribution in [0.3, 0.4) is 0 Å². The fraction of sp³-hybridized carbons (Fsp3) is 0.118. The Labute approximate surface area is 117 Å². The first-order valence-corrected chi connectivity index (χ1v) is 6.40. The number of hydrogen-bond donors (Lipinski definition) is 0. The summed E-state index contributed by atoms with van der Waals surface area (Å²) in [7, 11) is 0. The minimum Gasteiger partial charge on any atom is -0.421 e. The largest absolute Gasteiger partial charge is 0.510 e. The molecule has 2 unspecified atom stereocenters. The van der Waals surface area contributed by atoms with E-state index in [-0.39, 0.29) is 0 Å². The molecule has 0 spiro atoms. The Morgan fingerprint density at radius 1 is 1.00 bits per heavy atom. The summed E-state index contributed by atoms with van der Waals surface area (Å²) in [6.07, 6.45) is 0.420. The van der Waals surface area contributed by atoms with Gasteiger partial charge in [-0.2, -0.15) is 0 Å². The summed E-state index contributed by atoms with van der Waals surface area (Å²) in [6, 6.07) is 19.1. The molecule has 100 valence electrons. The molecule has 0 amide bonds. The first kappa shape index (κ1) is 12.5. The minimum absolute atomic E-state index is 0.531. The molecule has 0 aromatic heterocycles. The van der Waals surface area contributed by atoms with Gasteiger partial charge in [0.05, 0.1) is 0 Å². The molecular formula is C17H14O3. The average Bonchev–Trinajstić information content (AvgIpc) is 2.87. The van der Waals surface area contributed by atoms with Crippen LogP contribution >= 0.6 is 0 Å². The first-order valence-electron chi connectivity index (χ1n) is 6.40. The zero-order valence-electron chi connectivity index (χ0n) is 10.9. The number of cyclic esters (lactones) is 2. The Hall–Kier alpha value is -2.55. The molecule has 20 heavy (non-hydrogen) atoms. The Bertz CT molecular complexity index is 621. The summed E-state index contributed by atoms with van der Waals surface area (Å²) < 4.78 is 10.8. The highest BCUT2D eigenvalue weighted by molar-refractivity contribution is 5.65. The zero-order valence-corrected chi connectivity index (χ0v) is 10.9. The van der Waals surface area contributed by atoms with E-state index in [9.17, 15) is 4.79 Å². The van der Waals surface area contributed by atoms with Crippen molar-refractivity contribution < 1.29 is 14.3 Å². The predicted octanol–water partition coefficient (Wildman–Crippen LogP) is 3.98. The van der Waals surface area contributed by atoms with Crippen molar-refractivity contribution in [1.82, 2.24) is 0 Å². The molecule has 1 heterocycles. The minimum atomic E-state index is -0.986. The van der Waals surface area contributed by atoms with Gasteiger partial charge in [-0.25, -0.2) is 4.79 Å². The van der Waals surface area contributed by atoms with Crippen LogP contribution in [0.15, 0.2) is 73.3 Å². The van der Waals surface area contributed by atoms with Gasteiger partial charge < -0.3 is 9.47 Å². The maximum Gasteiger partial charge on any atom is 0.510 e. The second kappa shape index (κ2) is 4.85. The van der Waals surface area contributed by atoms with Crippen molar-refractivity contribution in [2.24, 2.45) is 0 Å². The number of carbonyl (C=O) groups is 1. The van der Waals surface area contributed by atoms with Gasteiger partial charge in [0, 0.05) is 5.56 Å². The number of benzene rings is 2. The second-order valence-electron chi connectivity index (χ2n) is 4.62. The molecule has 1 fully saturated rings. The van der Waals surface area contributed by atoms with Crippen molar-refractivity contribution in [2.45, 2.75) is 11.7 Å². The summed E-state index contributed by atoms with van der Waals surface area (Å²) in [6.45, 7) is 3.84. The molecule has 1 aliphatic rings. The van der Waals surface area contributed by atoms with E-state index in [2.05, 4.69) is 6.58 Å². The van der Waals surface area contributed by atoms with Crippen LogP contribution in [0.4, 0.5) is 4.79 Å². The van der Waals surface area contributed by atoms with Crippen LogP contribution in [0.5, 0.6) is 0 Å². The molecule has 0 bridgehead atoms. The molecule has 3 heteroatoms. The molecule has 2 aromatic rings. The lowest BCUT2D eigenvalue weighted by Crippen LogP contribution is -2.29. The van der Waals surface area contributed by atoms with Crippen molar-refractivity contribution in [2.75, 3.05) is 0 Å². The molecule has 0 N–H and O–H groups in total. The molecule has 3 nitrogen and oxygen atoms in total. The SMILES string of the molecule is C=CC1(c2ccccc2)OC(=O)OC1c1ccccc1. The Morgan fingerprint density at radius 2 is 1.60 bits per heavy atom. The first-order chi connectivity index (χ1) is 9.76. The van der Waals surface area contributed by atoms with Crippen LogP contribution in [0.2, 0.25) is 0 Å². The molecule has 0 saturated carbocycles. The van der Waals surface area contributed by atoms with Crippen molar-refractivity contribution in [3.05, 3.63) is 84.4 Å². The number of ether oxygens (including phenoxy) is 2. The molecule has 1 aliphatic heterocycles. The van der Waals surface area contributed by atoms with Gasteiger partial charge in [0.15, 0.2) is 11.7 Å². The maximum absolute atomic E-state index is 11.7. The predicted molar refractivity (Wildman–Crippen MR) is 75.1 cm³/mol. The lowest BCUT2D eigenvalue weighted by Gasteiger charge is -2.28. The van der Waals surface area contributed by atoms with E-state index in [1.54, 1.807) is 6.08 Å². The summed E-state index contributed by atoms with van der Waals surface area (Å²) in [4.78, 5) is 11.7. The molecule has 0 aliphatic carbocycles. The van der Waals surface area contributed by atoms with Crippen LogP contribution in [-0.2, 0) is 15.1 Å². The van der Waals surface area contributed by atoms with E-state index >= 15 is 0 Å². The van der Waals surface area contributed by atoms with Gasteiger partial charge in [-0.15, -0.1) is 0 Å². The average molecular weight is 266 g/mol. The highest BCUT2D eigenvalue weighted by atomic mass is 16.8. The third-order valence-corrected chi connectivity index (χ3v) is 3.49. The van der Waals surface area contributed by atoms with Gasteiger partial charge in [0.25, 0.3) is 0 Å². The van der Waals surface area contributed by atoms with E-state index in [0.29, 0.717) is 0 Å². The summed E-state index contributed by atoms with van der Waals surface area (Å²) in [5.41, 5.74) is 0.733. The van der Waals surface area contributed by atoms with Gasteiger partial charge in [0.1, 0.15) is 0 Å². The van der Waals surface area contributed by atoms with Gasteiger partial charge in [0.2, 0.25) is 0 Å². The van der Waals surface area contributed by atoms with E-state index in [4.69, 9.17) is 9.47 Å². The van der Waals surface area contributed by atoms with Crippen LogP contribution in [0, 0.1) is 0 Å². The van der Waals surface area contributed by atoms with Gasteiger partial charge in [-0.3, -0.25) is 0 Å². The van der Waals surface area contributed by atoms with E-state index in [1.807, 2.05) is 60.7 Å². The number of hydrogen-bond acceptors (Lipinski definition) is 3. The standard InChI is InChI=1S/C17H14O3/c1-2-17(14-11-7-4-8-12-14)15(19-16(18)20-17)13-9-5-3-6-10-13/h2-12,15H,1H2. The van der Waals surface area contributed by atoms with Crippen molar-refractivity contribution in [3.63, 3.8) is 0 Å². The summed E-state index contributed by atoms with van der Waals surface area (Å²) in [5, 5.41) is 0. The highest BCUT2D eigenvalue weighted by Crippen LogP contribution is 2.47. The fourth-order valence-corrected chi connectivity index (χ4v) is 2.52. The van der Waals surface area contributed by atoms with Crippen molar-refractivity contribution in [3.8, 4) is 0 Å². The Balaban J connectivity index is 2.13. The van der Waals surface area contributed by atoms with Crippen molar-refractivity contribution >= 4 is 6.16 Å². The topological polar surface area (TPSA) is 35.5 Å². The van der Waals surface area contributed by atoms with Gasteiger partial charge in [-0.1, -0.05) is 67.2 Å². The fourth-order valence-electron chi connectivity index (χ4n) is 2.52. The molecule has 2 aromatic carbocycles. The number of carbonyl (C=O) groups excluding carboxylic acids is 1. The van der Waals surface area contributed by atoms with Gasteiger partial charge >= 0.3 is 6.16 Å². The lowest BCUT2D eigenvalue weighted by molar-refractivity contribution is 0.0719. The van der Waals surface area contributed by atoms with Crippen LogP contribution in [0.1, 0.15) is 17.2 Å². The monoisotopic (exact) mass is 266 g/mol. The summed E-state index contributed by atoms with van der Waals surface area (Å²) in [5.74, 6) is 0. The second-order valence-corrected chi connectivity index (χ2v) is 4.62. The van der Waals surface area contributed by atoms with Crippen LogP contribution < -0.4 is 0 Å². The quantitative estimate of drug-likeness (QED) is 0.622. The van der Waals surface area contributed by atoms with Gasteiger partial charge in [-0.05, 0) is 11.6 Å². The molecule has 2 atom stereocenters. The lowest BCUT2D eigenvalue weighted by atomic mass is 9.84. The number of rotatable bonds is 3. The van der Waals surface area contributed by atoms with E-state index in [0.717, 1.165) is 11.1 Å². The Kier molecular flexibility index (Phi) is 3.03. The summed E-state index contributed by atoms with van der Waals surface area (Å²) >= 11 is 0.